The summed E-state index contributed by atoms with van der Waals surface area (Å²) in [5, 5.41) is 144. The van der Waals surface area contributed by atoms with Crippen molar-refractivity contribution in [2.24, 2.45) is 39.4 Å². The molecule has 8 fully saturated rings. The van der Waals surface area contributed by atoms with Crippen molar-refractivity contribution in [2.45, 2.75) is 266 Å². The zero-order valence-electron chi connectivity index (χ0n) is 50.2. The molecule has 0 aromatic rings. The molecule has 26 heteroatoms. The van der Waals surface area contributed by atoms with Gasteiger partial charge in [0.2, 0.25) is 0 Å². The molecule has 5 aliphatic heterocycles. The van der Waals surface area contributed by atoms with Gasteiger partial charge in [0.05, 0.1) is 57.3 Å². The number of fused-ring (bicyclic) bond motifs is 5. The zero-order valence-corrected chi connectivity index (χ0v) is 50.2. The molecule has 0 amide bonds. The lowest BCUT2D eigenvalue weighted by molar-refractivity contribution is -0.404. The van der Waals surface area contributed by atoms with E-state index in [0.29, 0.717) is 32.1 Å². The Kier molecular flexibility index (Phi) is 20.7. The van der Waals surface area contributed by atoms with Gasteiger partial charge in [-0.1, -0.05) is 51.8 Å². The summed E-state index contributed by atoms with van der Waals surface area (Å²) >= 11 is 0. The van der Waals surface area contributed by atoms with Gasteiger partial charge in [0.15, 0.2) is 37.6 Å². The summed E-state index contributed by atoms with van der Waals surface area (Å²) in [6, 6.07) is 0. The zero-order chi connectivity index (χ0) is 62.2. The van der Waals surface area contributed by atoms with E-state index < -0.39 is 202 Å². The van der Waals surface area contributed by atoms with Gasteiger partial charge >= 0.3 is 0 Å². The fraction of sp³-hybridized carbons (Fsp3) is 0.915. The molecule has 9 rings (SSSR count). The Morgan fingerprint density at radius 2 is 1.27 bits per heavy atom. The highest BCUT2D eigenvalue weighted by Gasteiger charge is 2.70. The lowest BCUT2D eigenvalue weighted by Gasteiger charge is -2.64. The van der Waals surface area contributed by atoms with Crippen molar-refractivity contribution in [3.8, 4) is 0 Å². The van der Waals surface area contributed by atoms with E-state index in [1.165, 1.54) is 12.5 Å². The van der Waals surface area contributed by atoms with Crippen LogP contribution in [0.5, 0.6) is 0 Å². The quantitative estimate of drug-likeness (QED) is 0.0307. The molecule has 0 radical (unpaired) electrons. The van der Waals surface area contributed by atoms with Crippen molar-refractivity contribution < 1.29 is 128 Å². The van der Waals surface area contributed by atoms with Gasteiger partial charge in [-0.05, 0) is 106 Å². The van der Waals surface area contributed by atoms with E-state index in [0.717, 1.165) is 38.4 Å². The molecule has 488 valence electrons. The molecular formula is C59H96O26. The number of aliphatic hydroxyl groups excluding tert-OH is 12. The number of aliphatic hydroxyl groups is 13. The van der Waals surface area contributed by atoms with Gasteiger partial charge in [0.1, 0.15) is 103 Å². The molecule has 85 heavy (non-hydrogen) atoms. The maximum atomic E-state index is 14.3. The molecule has 0 spiro atoms. The average Bonchev–Trinajstić information content (AvgIpc) is 2.03. The molecule has 26 nitrogen and oxygen atoms in total. The summed E-state index contributed by atoms with van der Waals surface area (Å²) in [6.45, 7) is 17.9. The van der Waals surface area contributed by atoms with Crippen LogP contribution in [0.2, 0.25) is 0 Å². The van der Waals surface area contributed by atoms with Crippen LogP contribution in [0.3, 0.4) is 0 Å². The summed E-state index contributed by atoms with van der Waals surface area (Å²) in [5.41, 5.74) is -0.571. The fourth-order valence-corrected chi connectivity index (χ4v) is 16.6. The van der Waals surface area contributed by atoms with Gasteiger partial charge in [0, 0.05) is 6.42 Å². The van der Waals surface area contributed by atoms with Gasteiger partial charge in [-0.3, -0.25) is 4.79 Å². The second-order valence-electron chi connectivity index (χ2n) is 27.3. The minimum absolute atomic E-state index is 0.0541. The van der Waals surface area contributed by atoms with Crippen molar-refractivity contribution in [1.29, 1.82) is 0 Å². The molecule has 13 N–H and O–H groups in total. The molecule has 3 saturated carbocycles. The van der Waals surface area contributed by atoms with Crippen molar-refractivity contribution in [3.05, 3.63) is 23.8 Å². The molecule has 0 unspecified atom stereocenters. The lowest BCUT2D eigenvalue weighted by Crippen LogP contribution is -2.66. The standard InChI is InChI=1S/C59H96O26/c1-25(2)12-11-17-59(9,73)49-29(62)20-58(8)28-13-14-34-55(4,5)35(16-18-56(34,6)27(28)15-19-57(49,58)7)81-54-48(38(66)33(24-76-54)80-52-41(69)39(67)36(64)31(21-60)78-52)84-51-42(70)40(68)45(26(3)77-51)82-50-43(71)46(30(63)23-75-50)83-53-44(72)47(85-74-10)37(65)32(22-61)79-53/h15,26,28,30-54,60-61,63-73H,1,11-14,16-24H2,2-10H3/t26-,28-,30-,31-,32-,33-,34+,35+,36-,37-,38+,39+,40-,41-,42-,43-,44-,45-,46+,47+,48-,49+,50+,51+,52+,53+,54+,56-,57-,58+,59+/m1/s1. The van der Waals surface area contributed by atoms with Crippen LogP contribution in [0.15, 0.2) is 23.8 Å². The second kappa shape index (κ2) is 26.0. The summed E-state index contributed by atoms with van der Waals surface area (Å²) in [4.78, 5) is 23.9. The molecule has 5 heterocycles. The highest BCUT2D eigenvalue weighted by Crippen LogP contribution is 2.73. The maximum Gasteiger partial charge on any atom is 0.187 e. The van der Waals surface area contributed by atoms with E-state index in [1.54, 1.807) is 0 Å². The normalized spacial score (nSPS) is 50.8. The van der Waals surface area contributed by atoms with Crippen LogP contribution in [0.4, 0.5) is 0 Å². The number of rotatable bonds is 19. The number of hydrogen-bond donors (Lipinski definition) is 13. The number of carbonyl (C=O) groups is 1. The van der Waals surface area contributed by atoms with Crippen LogP contribution in [0.25, 0.3) is 0 Å². The molecule has 4 aliphatic carbocycles. The van der Waals surface area contributed by atoms with Crippen LogP contribution >= 0.6 is 0 Å². The smallest absolute Gasteiger partial charge is 0.187 e. The van der Waals surface area contributed by atoms with Crippen LogP contribution in [-0.2, 0) is 61.9 Å². The molecule has 9 aliphatic rings. The Bertz CT molecular complexity index is 2320. The van der Waals surface area contributed by atoms with Crippen molar-refractivity contribution >= 4 is 5.78 Å². The van der Waals surface area contributed by atoms with Crippen molar-refractivity contribution in [2.75, 3.05) is 33.5 Å². The predicted octanol–water partition coefficient (Wildman–Crippen LogP) is -1.36. The maximum absolute atomic E-state index is 14.3. The minimum Gasteiger partial charge on any atom is -0.394 e. The first kappa shape index (κ1) is 67.5. The van der Waals surface area contributed by atoms with Crippen LogP contribution in [0, 0.1) is 39.4 Å². The first-order chi connectivity index (χ1) is 39.9. The molecule has 0 aromatic carbocycles. The summed E-state index contributed by atoms with van der Waals surface area (Å²) in [6.07, 6.45) is -29.7. The van der Waals surface area contributed by atoms with Crippen molar-refractivity contribution in [3.63, 3.8) is 0 Å². The number of hydrogen-bond acceptors (Lipinski definition) is 26. The third kappa shape index (κ3) is 12.3. The Morgan fingerprint density at radius 3 is 1.93 bits per heavy atom. The summed E-state index contributed by atoms with van der Waals surface area (Å²) in [5.74, 6) is -0.259. The number of ether oxygens (including phenoxy) is 10. The van der Waals surface area contributed by atoms with Gasteiger partial charge in [-0.25, -0.2) is 9.78 Å². The first-order valence-electron chi connectivity index (χ1n) is 30.2. The van der Waals surface area contributed by atoms with E-state index in [-0.39, 0.29) is 23.0 Å². The minimum atomic E-state index is -1.96. The topological polar surface area (TPSA) is 391 Å². The predicted molar refractivity (Wildman–Crippen MR) is 290 cm³/mol. The highest BCUT2D eigenvalue weighted by atomic mass is 17.2. The van der Waals surface area contributed by atoms with E-state index in [9.17, 15) is 71.2 Å². The molecular weight excluding hydrogens is 1120 g/mol. The Hall–Kier alpha value is -1.85. The first-order valence-corrected chi connectivity index (χ1v) is 30.2. The number of ketones is 1. The average molecular weight is 1220 g/mol. The molecule has 0 bridgehead atoms. The van der Waals surface area contributed by atoms with Gasteiger partial charge < -0.3 is 114 Å². The monoisotopic (exact) mass is 1220 g/mol. The van der Waals surface area contributed by atoms with Gasteiger partial charge in [0.25, 0.3) is 0 Å². The number of allylic oxidation sites excluding steroid dienone is 3. The van der Waals surface area contributed by atoms with Crippen LogP contribution < -0.4 is 0 Å². The van der Waals surface area contributed by atoms with Gasteiger partial charge in [-0.2, -0.15) is 0 Å². The number of carbonyl (C=O) groups excluding carboxylic acids is 1. The lowest BCUT2D eigenvalue weighted by atomic mass is 9.41. The van der Waals surface area contributed by atoms with Gasteiger partial charge in [-0.15, -0.1) is 6.58 Å². The molecule has 0 aromatic heterocycles. The van der Waals surface area contributed by atoms with E-state index >= 15 is 0 Å². The van der Waals surface area contributed by atoms with E-state index in [4.69, 9.17) is 52.3 Å². The number of Topliss-reactive ketones (excluding diaryl/α,β-unsaturated/α-hetero) is 1. The molecule has 5 saturated heterocycles. The third-order valence-electron chi connectivity index (χ3n) is 21.4. The Morgan fingerprint density at radius 1 is 0.671 bits per heavy atom. The highest BCUT2D eigenvalue weighted by molar-refractivity contribution is 5.87. The largest absolute Gasteiger partial charge is 0.394 e. The van der Waals surface area contributed by atoms with Crippen molar-refractivity contribution in [1.82, 2.24) is 0 Å². The SMILES string of the molecule is C=C(C)CCC[C@](C)(O)[C@H]1C(=O)C[C@@]2(C)[C@@H]3CC[C@H]4C(C)(C)[C@@H](O[C@@H]5OC[C@@H](O[C@@H]6O[C@H](CO)[C@@H](O)[C@H](O)[C@H]6O)[C@H](O)[C@H]5O[C@@H]5O[C@H](C)[C@@H](O[C@@H]6OC[C@@H](O)[C@H](O[C@@H]7O[C@H](CO)[C@@H](O)[C@H](OOC)[C@H]7O)[C@H]6O)[C@H](O)[C@H]5O)CC[C@]4(C)C3=CC[C@]12C. The van der Waals surface area contributed by atoms with E-state index in [2.05, 4.69) is 52.2 Å². The molecule has 31 atom stereocenters. The van der Waals surface area contributed by atoms with E-state index in [1.807, 2.05) is 13.8 Å². The fourth-order valence-electron chi connectivity index (χ4n) is 16.6. The third-order valence-corrected chi connectivity index (χ3v) is 21.4. The Labute approximate surface area is 495 Å². The van der Waals surface area contributed by atoms with Crippen LogP contribution in [0.1, 0.15) is 113 Å². The second-order valence-corrected chi connectivity index (χ2v) is 27.3. The summed E-state index contributed by atoms with van der Waals surface area (Å²) in [7, 11) is 1.13. The Balaban J connectivity index is 0.916. The summed E-state index contributed by atoms with van der Waals surface area (Å²) < 4.78 is 60.6. The van der Waals surface area contributed by atoms with Crippen LogP contribution in [-0.4, -0.2) is 259 Å².